The zero-order valence-electron chi connectivity index (χ0n) is 23.1. The van der Waals surface area contributed by atoms with Crippen LogP contribution in [-0.2, 0) is 22.7 Å². The molecular formula is C31H31Cl4N3O3S. The van der Waals surface area contributed by atoms with Crippen molar-refractivity contribution >= 4 is 69.2 Å². The number of fused-ring (bicyclic) bond motifs is 2. The van der Waals surface area contributed by atoms with Gasteiger partial charge in [-0.25, -0.2) is 4.98 Å². The molecule has 11 heteroatoms. The van der Waals surface area contributed by atoms with Crippen LogP contribution in [-0.4, -0.2) is 47.1 Å². The lowest BCUT2D eigenvalue weighted by atomic mass is 9.93. The first-order valence-electron chi connectivity index (χ1n) is 14.1. The summed E-state index contributed by atoms with van der Waals surface area (Å²) in [6.45, 7) is 3.40. The highest BCUT2D eigenvalue weighted by Crippen LogP contribution is 2.42. The van der Waals surface area contributed by atoms with Crippen LogP contribution in [0.3, 0.4) is 0 Å². The Bertz CT molecular complexity index is 1500. The van der Waals surface area contributed by atoms with Crippen molar-refractivity contribution in [3.63, 3.8) is 0 Å². The Morgan fingerprint density at radius 1 is 1.07 bits per heavy atom. The van der Waals surface area contributed by atoms with Crippen molar-refractivity contribution in [3.8, 4) is 5.75 Å². The Labute approximate surface area is 269 Å². The average Bonchev–Trinajstić information content (AvgIpc) is 3.57. The third-order valence-electron chi connectivity index (χ3n) is 7.91. The molecule has 1 amide bonds. The molecule has 0 unspecified atom stereocenters. The molecular weight excluding hydrogens is 636 g/mol. The van der Waals surface area contributed by atoms with E-state index < -0.39 is 0 Å². The van der Waals surface area contributed by atoms with Gasteiger partial charge in [0.25, 0.3) is 5.91 Å². The molecule has 1 saturated heterocycles. The second-order valence-corrected chi connectivity index (χ2v) is 13.8. The number of hydrogen-bond donors (Lipinski definition) is 1. The van der Waals surface area contributed by atoms with E-state index in [1.165, 1.54) is 0 Å². The van der Waals surface area contributed by atoms with Crippen molar-refractivity contribution in [1.82, 2.24) is 15.2 Å². The summed E-state index contributed by atoms with van der Waals surface area (Å²) >= 11 is 26.9. The third kappa shape index (κ3) is 6.63. The van der Waals surface area contributed by atoms with Crippen LogP contribution >= 0.6 is 57.7 Å². The number of aromatic nitrogens is 1. The van der Waals surface area contributed by atoms with Crippen LogP contribution in [0.5, 0.6) is 5.75 Å². The Morgan fingerprint density at radius 2 is 1.86 bits per heavy atom. The fraction of sp³-hybridized carbons (Fsp3) is 0.419. The molecule has 1 N–H and O–H groups in total. The van der Waals surface area contributed by atoms with Gasteiger partial charge in [0, 0.05) is 36.4 Å². The number of rotatable bonds is 11. The van der Waals surface area contributed by atoms with Crippen molar-refractivity contribution in [2.45, 2.75) is 70.3 Å². The summed E-state index contributed by atoms with van der Waals surface area (Å²) in [6, 6.07) is 9.87. The normalized spacial score (nSPS) is 19.8. The molecule has 1 aromatic heterocycles. The Kier molecular flexibility index (Phi) is 9.37. The van der Waals surface area contributed by atoms with Gasteiger partial charge in [-0.15, -0.1) is 11.3 Å². The fourth-order valence-electron chi connectivity index (χ4n) is 5.75. The van der Waals surface area contributed by atoms with Gasteiger partial charge in [-0.3, -0.25) is 4.79 Å². The molecule has 42 heavy (non-hydrogen) atoms. The first kappa shape index (κ1) is 30.2. The number of carbonyl (C=O) groups is 1. The predicted molar refractivity (Wildman–Crippen MR) is 170 cm³/mol. The average molecular weight is 667 g/mol. The van der Waals surface area contributed by atoms with Crippen LogP contribution in [0.15, 0.2) is 42.1 Å². The molecule has 2 aliphatic heterocycles. The van der Waals surface area contributed by atoms with Crippen LogP contribution in [0.2, 0.25) is 20.1 Å². The summed E-state index contributed by atoms with van der Waals surface area (Å²) in [5, 5.41) is 6.50. The molecule has 2 bridgehead atoms. The van der Waals surface area contributed by atoms with E-state index in [0.29, 0.717) is 58.2 Å². The van der Waals surface area contributed by atoms with Gasteiger partial charge in [-0.2, -0.15) is 0 Å². The van der Waals surface area contributed by atoms with Gasteiger partial charge in [-0.05, 0) is 73.9 Å². The van der Waals surface area contributed by atoms with Crippen LogP contribution in [0, 0.1) is 6.92 Å². The van der Waals surface area contributed by atoms with Gasteiger partial charge in [0.15, 0.2) is 5.75 Å². The zero-order valence-corrected chi connectivity index (χ0v) is 26.9. The number of ether oxygens (including phenoxy) is 2. The summed E-state index contributed by atoms with van der Waals surface area (Å²) in [6.07, 6.45) is 6.70. The first-order chi connectivity index (χ1) is 20.3. The number of nitrogens with zero attached hydrogens (tertiary/aromatic N) is 2. The van der Waals surface area contributed by atoms with E-state index in [0.717, 1.165) is 64.3 Å². The highest BCUT2D eigenvalue weighted by atomic mass is 35.5. The first-order valence-corrected chi connectivity index (χ1v) is 16.5. The van der Waals surface area contributed by atoms with Crippen LogP contribution in [0.4, 0.5) is 0 Å². The molecule has 2 aromatic carbocycles. The molecule has 2 fully saturated rings. The highest BCUT2D eigenvalue weighted by Gasteiger charge is 2.42. The molecule has 1 aliphatic carbocycles. The van der Waals surface area contributed by atoms with Crippen LogP contribution in [0.25, 0.3) is 5.57 Å². The molecule has 222 valence electrons. The van der Waals surface area contributed by atoms with Crippen molar-refractivity contribution in [2.75, 3.05) is 13.2 Å². The molecule has 2 atom stereocenters. The number of benzene rings is 2. The van der Waals surface area contributed by atoms with Gasteiger partial charge < -0.3 is 19.7 Å². The minimum absolute atomic E-state index is 0.0432. The smallest absolute Gasteiger partial charge is 0.252 e. The number of thiazole rings is 1. The lowest BCUT2D eigenvalue weighted by Gasteiger charge is -2.31. The molecule has 3 aliphatic rings. The van der Waals surface area contributed by atoms with E-state index in [1.54, 1.807) is 17.4 Å². The lowest BCUT2D eigenvalue weighted by molar-refractivity contribution is -0.128. The number of halogens is 4. The molecule has 6 nitrogen and oxygen atoms in total. The van der Waals surface area contributed by atoms with Crippen molar-refractivity contribution < 1.29 is 14.3 Å². The topological polar surface area (TPSA) is 63.7 Å². The summed E-state index contributed by atoms with van der Waals surface area (Å²) in [5.41, 5.74) is 3.81. The van der Waals surface area contributed by atoms with Crippen LogP contribution in [0.1, 0.15) is 53.1 Å². The monoisotopic (exact) mass is 665 g/mol. The SMILES string of the molecule is Cc1cc(Cl)c(OCCOCc2ncc(C3=C(C(=O)N(Cc4cccc(Cl)c4Cl)C4CC4)[C@H]4CC[C@@H](C3)N4)s2)c(Cl)c1. The van der Waals surface area contributed by atoms with E-state index in [-0.39, 0.29) is 18.0 Å². The summed E-state index contributed by atoms with van der Waals surface area (Å²) in [4.78, 5) is 21.9. The number of carbonyl (C=O) groups excluding carboxylic acids is 1. The van der Waals surface area contributed by atoms with E-state index in [4.69, 9.17) is 55.9 Å². The van der Waals surface area contributed by atoms with Gasteiger partial charge >= 0.3 is 0 Å². The number of aryl methyl sites for hydroxylation is 1. The minimum atomic E-state index is 0.0432. The highest BCUT2D eigenvalue weighted by molar-refractivity contribution is 7.12. The maximum atomic E-state index is 14.3. The van der Waals surface area contributed by atoms with Gasteiger partial charge in [0.1, 0.15) is 11.6 Å². The Hall–Kier alpha value is -1.84. The standard InChI is InChI=1S/C31H31Cl4N3O3S/c1-17-11-23(33)30(24(34)12-17)41-10-9-40-16-27-36-14-26(42-27)21-13-19-5-8-25(37-19)28(21)31(39)38(20-6-7-20)15-18-3-2-4-22(32)29(18)35/h2-4,11-12,14,19-20,25,37H,5-10,13,15-16H2,1H3/t19-,25+/m0/s1. The van der Waals surface area contributed by atoms with Gasteiger partial charge in [0.05, 0.1) is 38.2 Å². The van der Waals surface area contributed by atoms with E-state index in [1.807, 2.05) is 42.3 Å². The summed E-state index contributed by atoms with van der Waals surface area (Å²) in [5.74, 6) is 0.546. The van der Waals surface area contributed by atoms with E-state index in [2.05, 4.69) is 10.3 Å². The fourth-order valence-corrected chi connectivity index (χ4v) is 7.76. The molecule has 1 saturated carbocycles. The maximum Gasteiger partial charge on any atom is 0.252 e. The Morgan fingerprint density at radius 3 is 2.62 bits per heavy atom. The van der Waals surface area contributed by atoms with Gasteiger partial charge in [-0.1, -0.05) is 58.5 Å². The van der Waals surface area contributed by atoms with Gasteiger partial charge in [0.2, 0.25) is 0 Å². The van der Waals surface area contributed by atoms with Crippen LogP contribution < -0.4 is 10.1 Å². The minimum Gasteiger partial charge on any atom is -0.488 e. The third-order valence-corrected chi connectivity index (χ3v) is 10.4. The molecule has 3 aromatic rings. The van der Waals surface area contributed by atoms with Crippen molar-refractivity contribution in [3.05, 3.63) is 83.2 Å². The molecule has 0 spiro atoms. The Balaban J connectivity index is 1.15. The second kappa shape index (κ2) is 13.0. The van der Waals surface area contributed by atoms with Crippen molar-refractivity contribution in [2.24, 2.45) is 0 Å². The number of amides is 1. The maximum absolute atomic E-state index is 14.3. The zero-order chi connectivity index (χ0) is 29.4. The molecule has 0 radical (unpaired) electrons. The largest absolute Gasteiger partial charge is 0.488 e. The second-order valence-electron chi connectivity index (χ2n) is 11.0. The number of hydrogen-bond acceptors (Lipinski definition) is 6. The molecule has 3 heterocycles. The predicted octanol–water partition coefficient (Wildman–Crippen LogP) is 8.13. The molecule has 6 rings (SSSR count). The van der Waals surface area contributed by atoms with Crippen molar-refractivity contribution in [1.29, 1.82) is 0 Å². The summed E-state index contributed by atoms with van der Waals surface area (Å²) < 4.78 is 11.6. The van der Waals surface area contributed by atoms with E-state index in [9.17, 15) is 4.79 Å². The lowest BCUT2D eigenvalue weighted by Crippen LogP contribution is -2.44. The number of nitrogens with one attached hydrogen (secondary N) is 1. The quantitative estimate of drug-likeness (QED) is 0.209. The van der Waals surface area contributed by atoms with E-state index >= 15 is 0 Å². The summed E-state index contributed by atoms with van der Waals surface area (Å²) in [7, 11) is 0.